The van der Waals surface area contributed by atoms with Gasteiger partial charge in [0.25, 0.3) is 0 Å². The number of tetrazole rings is 1. The van der Waals surface area contributed by atoms with E-state index in [0.717, 1.165) is 18.7 Å². The van der Waals surface area contributed by atoms with Gasteiger partial charge in [0.2, 0.25) is 0 Å². The molecule has 0 spiro atoms. The van der Waals surface area contributed by atoms with Gasteiger partial charge in [-0.2, -0.15) is 0 Å². The lowest BCUT2D eigenvalue weighted by Gasteiger charge is -2.14. The average Bonchev–Trinajstić information content (AvgIpc) is 2.88. The van der Waals surface area contributed by atoms with Gasteiger partial charge in [-0.15, -0.1) is 22.8 Å². The van der Waals surface area contributed by atoms with Crippen LogP contribution in [0, 0.1) is 0 Å². The zero-order valence-electron chi connectivity index (χ0n) is 8.33. The number of aromatic nitrogens is 7. The Morgan fingerprint density at radius 2 is 2.12 bits per heavy atom. The third-order valence-corrected chi connectivity index (χ3v) is 2.29. The Morgan fingerprint density at radius 3 is 2.75 bits per heavy atom. The van der Waals surface area contributed by atoms with E-state index in [4.69, 9.17) is 5.84 Å². The van der Waals surface area contributed by atoms with Crippen LogP contribution in [-0.2, 0) is 6.42 Å². The molecule has 10 heteroatoms. The second-order valence-corrected chi connectivity index (χ2v) is 3.58. The molecule has 0 aliphatic carbocycles. The minimum absolute atomic E-state index is 0.527. The molecule has 0 atom stereocenters. The van der Waals surface area contributed by atoms with Crippen LogP contribution >= 0.6 is 12.6 Å². The second kappa shape index (κ2) is 4.90. The number of hydrogen-bond donors (Lipinski definition) is 4. The van der Waals surface area contributed by atoms with E-state index in [9.17, 15) is 0 Å². The largest absolute Gasteiger partial charge is 0.291 e. The Bertz CT molecular complexity index is 423. The molecule has 86 valence electrons. The molecule has 2 rings (SSSR count). The lowest BCUT2D eigenvalue weighted by atomic mass is 10.3. The normalized spacial score (nSPS) is 10.6. The van der Waals surface area contributed by atoms with Crippen LogP contribution in [0.3, 0.4) is 0 Å². The van der Waals surface area contributed by atoms with Crippen LogP contribution in [-0.4, -0.2) is 42.6 Å². The lowest BCUT2D eigenvalue weighted by Crippen LogP contribution is -2.32. The molecule has 0 aromatic carbocycles. The zero-order chi connectivity index (χ0) is 11.4. The van der Waals surface area contributed by atoms with Gasteiger partial charge >= 0.3 is 0 Å². The molecule has 16 heavy (non-hydrogen) atoms. The molecular formula is C6H11N9S. The molecule has 0 aliphatic heterocycles. The number of nitrogens with two attached hydrogens (primary N) is 1. The van der Waals surface area contributed by atoms with E-state index < -0.39 is 0 Å². The number of rotatable bonds is 5. The maximum absolute atomic E-state index is 5.78. The van der Waals surface area contributed by atoms with E-state index in [0.29, 0.717) is 17.4 Å². The van der Waals surface area contributed by atoms with Crippen molar-refractivity contribution >= 4 is 18.4 Å². The fourth-order valence-corrected chi connectivity index (χ4v) is 1.44. The van der Waals surface area contributed by atoms with Gasteiger partial charge in [-0.05, 0) is 16.8 Å². The highest BCUT2D eigenvalue weighted by atomic mass is 32.1. The molecule has 0 bridgehead atoms. The Balaban J connectivity index is 1.80. The van der Waals surface area contributed by atoms with Crippen LogP contribution in [0.4, 0.5) is 5.82 Å². The number of nitrogens with zero attached hydrogens (tertiary/aromatic N) is 6. The summed E-state index contributed by atoms with van der Waals surface area (Å²) in [5, 5.41) is 25.4. The van der Waals surface area contributed by atoms with Gasteiger partial charge in [0.05, 0.1) is 0 Å². The fraction of sp³-hybridized carbons (Fsp3) is 0.500. The number of nitrogens with one attached hydrogen (secondary N) is 2. The number of hydrazine groups is 1. The Hall–Kier alpha value is -1.68. The third kappa shape index (κ3) is 2.46. The predicted molar refractivity (Wildman–Crippen MR) is 57.7 cm³/mol. The van der Waals surface area contributed by atoms with Crippen molar-refractivity contribution in [1.29, 1.82) is 0 Å². The van der Waals surface area contributed by atoms with Gasteiger partial charge < -0.3 is 0 Å². The first kappa shape index (κ1) is 10.8. The monoisotopic (exact) mass is 241 g/mol. The van der Waals surface area contributed by atoms with Crippen molar-refractivity contribution in [3.05, 3.63) is 5.82 Å². The van der Waals surface area contributed by atoms with E-state index in [1.165, 1.54) is 5.01 Å². The predicted octanol–water partition coefficient (Wildman–Crippen LogP) is -1.08. The summed E-state index contributed by atoms with van der Waals surface area (Å²) in [5.41, 5.74) is 0. The molecular weight excluding hydrogens is 230 g/mol. The zero-order valence-corrected chi connectivity index (χ0v) is 9.22. The highest BCUT2D eigenvalue weighted by Gasteiger charge is 2.09. The molecule has 2 heterocycles. The van der Waals surface area contributed by atoms with Crippen molar-refractivity contribution in [3.8, 4) is 0 Å². The van der Waals surface area contributed by atoms with Gasteiger partial charge in [0.15, 0.2) is 5.82 Å². The number of hydrogen-bond acceptors (Lipinski definition) is 8. The summed E-state index contributed by atoms with van der Waals surface area (Å²) in [4.78, 5) is 0. The van der Waals surface area contributed by atoms with E-state index in [-0.39, 0.29) is 0 Å². The topological polar surface area (TPSA) is 125 Å². The van der Waals surface area contributed by atoms with Crippen molar-refractivity contribution in [2.75, 3.05) is 11.6 Å². The maximum atomic E-state index is 5.78. The number of H-pyrrole nitrogens is 2. The first-order valence-corrected chi connectivity index (χ1v) is 5.07. The highest BCUT2D eigenvalue weighted by molar-refractivity contribution is 7.80. The number of aryl methyl sites for hydroxylation is 1. The van der Waals surface area contributed by atoms with Crippen LogP contribution in [0.1, 0.15) is 12.2 Å². The summed E-state index contributed by atoms with van der Waals surface area (Å²) in [5.74, 6) is 7.04. The quantitative estimate of drug-likeness (QED) is 0.298. The molecule has 0 saturated carbocycles. The molecule has 0 radical (unpaired) electrons. The number of aromatic amines is 2. The molecule has 4 N–H and O–H groups in total. The summed E-state index contributed by atoms with van der Waals surface area (Å²) in [6.45, 7) is 0.612. The SMILES string of the molecule is NN(CCCc1nnn[nH]1)c1nn[nH]c1S. The van der Waals surface area contributed by atoms with Crippen LogP contribution in [0.2, 0.25) is 0 Å². The Labute approximate surface area is 96.2 Å². The Kier molecular flexibility index (Phi) is 3.31. The van der Waals surface area contributed by atoms with E-state index in [2.05, 4.69) is 48.7 Å². The molecule has 2 aromatic rings. The van der Waals surface area contributed by atoms with Crippen LogP contribution < -0.4 is 10.9 Å². The first-order chi connectivity index (χ1) is 7.77. The van der Waals surface area contributed by atoms with Gasteiger partial charge in [-0.25, -0.2) is 16.0 Å². The van der Waals surface area contributed by atoms with Gasteiger partial charge in [0.1, 0.15) is 10.9 Å². The molecule has 0 saturated heterocycles. The minimum atomic E-state index is 0.527. The number of thiol groups is 1. The fourth-order valence-electron chi connectivity index (χ4n) is 1.22. The molecule has 2 aromatic heterocycles. The smallest absolute Gasteiger partial charge is 0.198 e. The van der Waals surface area contributed by atoms with Gasteiger partial charge in [-0.3, -0.25) is 5.01 Å². The average molecular weight is 241 g/mol. The molecule has 0 amide bonds. The summed E-state index contributed by atoms with van der Waals surface area (Å²) >= 11 is 4.13. The summed E-state index contributed by atoms with van der Waals surface area (Å²) in [6.07, 6.45) is 1.52. The lowest BCUT2D eigenvalue weighted by molar-refractivity contribution is 0.717. The van der Waals surface area contributed by atoms with Crippen molar-refractivity contribution in [1.82, 2.24) is 36.0 Å². The van der Waals surface area contributed by atoms with Crippen LogP contribution in [0.5, 0.6) is 0 Å². The maximum Gasteiger partial charge on any atom is 0.198 e. The third-order valence-electron chi connectivity index (χ3n) is 1.99. The summed E-state index contributed by atoms with van der Waals surface area (Å²) in [6, 6.07) is 0. The second-order valence-electron chi connectivity index (χ2n) is 3.13. The van der Waals surface area contributed by atoms with Gasteiger partial charge in [-0.1, -0.05) is 5.21 Å². The molecule has 9 nitrogen and oxygen atoms in total. The van der Waals surface area contributed by atoms with Crippen LogP contribution in [0.15, 0.2) is 5.03 Å². The molecule has 0 aliphatic rings. The van der Waals surface area contributed by atoms with E-state index >= 15 is 0 Å². The Morgan fingerprint density at radius 1 is 1.25 bits per heavy atom. The highest BCUT2D eigenvalue weighted by Crippen LogP contribution is 2.14. The van der Waals surface area contributed by atoms with Gasteiger partial charge in [0, 0.05) is 13.0 Å². The molecule has 0 unspecified atom stereocenters. The van der Waals surface area contributed by atoms with E-state index in [1.807, 2.05) is 0 Å². The minimum Gasteiger partial charge on any atom is -0.291 e. The van der Waals surface area contributed by atoms with Crippen molar-refractivity contribution in [2.45, 2.75) is 17.9 Å². The standard InChI is InChI=1S/C6H11N9S/c7-15(5-6(16)11-12-10-5)3-1-2-4-8-13-14-9-4/h1-3,7H2,(H,8,9,13,14)(H2,10,11,12,16). The van der Waals surface area contributed by atoms with Crippen LogP contribution in [0.25, 0.3) is 0 Å². The van der Waals surface area contributed by atoms with Crippen molar-refractivity contribution in [2.24, 2.45) is 5.84 Å². The number of anilines is 1. The summed E-state index contributed by atoms with van der Waals surface area (Å²) < 4.78 is 0. The van der Waals surface area contributed by atoms with E-state index in [1.54, 1.807) is 0 Å². The first-order valence-electron chi connectivity index (χ1n) is 4.62. The van der Waals surface area contributed by atoms with Crippen molar-refractivity contribution < 1.29 is 0 Å². The van der Waals surface area contributed by atoms with Crippen molar-refractivity contribution in [3.63, 3.8) is 0 Å². The summed E-state index contributed by atoms with van der Waals surface area (Å²) in [7, 11) is 0. The molecule has 0 fully saturated rings.